The molecule has 0 aliphatic rings. The fraction of sp³-hybridized carbons (Fsp3) is 0.350. The standard InChI is InChI=1S/C20H25NO2/c1-5-19(23-18-12-14(2)11-15(3)13-18)20(22)21-16(4)17-9-7-6-8-10-17/h6-13,16,19H,5H2,1-4H3,(H,21,22)/t16-,19?/m1/s1. The molecule has 2 atom stereocenters. The molecule has 3 heteroatoms. The molecule has 0 fully saturated rings. The molecule has 0 heterocycles. The third-order valence-electron chi connectivity index (χ3n) is 3.80. The summed E-state index contributed by atoms with van der Waals surface area (Å²) in [7, 11) is 0. The number of carbonyl (C=O) groups excluding carboxylic acids is 1. The van der Waals surface area contributed by atoms with Crippen LogP contribution in [0.1, 0.15) is 43.0 Å². The normalized spacial score (nSPS) is 13.2. The van der Waals surface area contributed by atoms with Crippen molar-refractivity contribution in [2.24, 2.45) is 0 Å². The number of hydrogen-bond donors (Lipinski definition) is 1. The quantitative estimate of drug-likeness (QED) is 0.862. The molecule has 3 nitrogen and oxygen atoms in total. The van der Waals surface area contributed by atoms with Crippen LogP contribution in [0.25, 0.3) is 0 Å². The molecule has 2 aromatic carbocycles. The van der Waals surface area contributed by atoms with Crippen molar-refractivity contribution in [3.05, 3.63) is 65.2 Å². The Balaban J connectivity index is 2.03. The average Bonchev–Trinajstić information content (AvgIpc) is 2.52. The van der Waals surface area contributed by atoms with Gasteiger partial charge in [0.05, 0.1) is 6.04 Å². The van der Waals surface area contributed by atoms with Gasteiger partial charge in [0.25, 0.3) is 5.91 Å². The van der Waals surface area contributed by atoms with E-state index in [0.29, 0.717) is 6.42 Å². The van der Waals surface area contributed by atoms with E-state index >= 15 is 0 Å². The van der Waals surface area contributed by atoms with Crippen molar-refractivity contribution in [2.75, 3.05) is 0 Å². The summed E-state index contributed by atoms with van der Waals surface area (Å²) in [4.78, 5) is 12.5. The molecule has 0 bridgehead atoms. The largest absolute Gasteiger partial charge is 0.481 e. The van der Waals surface area contributed by atoms with E-state index in [1.165, 1.54) is 0 Å². The summed E-state index contributed by atoms with van der Waals surface area (Å²) in [6.45, 7) is 7.99. The van der Waals surface area contributed by atoms with Crippen LogP contribution in [0.2, 0.25) is 0 Å². The number of rotatable bonds is 6. The first kappa shape index (κ1) is 17.1. The summed E-state index contributed by atoms with van der Waals surface area (Å²) in [5.74, 6) is 0.667. The van der Waals surface area contributed by atoms with Gasteiger partial charge in [-0.1, -0.05) is 43.3 Å². The van der Waals surface area contributed by atoms with Crippen molar-refractivity contribution in [2.45, 2.75) is 46.3 Å². The van der Waals surface area contributed by atoms with E-state index in [1.54, 1.807) is 0 Å². The highest BCUT2D eigenvalue weighted by Gasteiger charge is 2.20. The lowest BCUT2D eigenvalue weighted by Gasteiger charge is -2.21. The lowest BCUT2D eigenvalue weighted by molar-refractivity contribution is -0.128. The summed E-state index contributed by atoms with van der Waals surface area (Å²) in [5, 5.41) is 3.03. The number of carbonyl (C=O) groups is 1. The Labute approximate surface area is 138 Å². The summed E-state index contributed by atoms with van der Waals surface area (Å²) in [6, 6.07) is 15.9. The summed E-state index contributed by atoms with van der Waals surface area (Å²) in [6.07, 6.45) is 0.141. The van der Waals surface area contributed by atoms with E-state index in [4.69, 9.17) is 4.74 Å². The Hall–Kier alpha value is -2.29. The highest BCUT2D eigenvalue weighted by atomic mass is 16.5. The maximum Gasteiger partial charge on any atom is 0.261 e. The fourth-order valence-electron chi connectivity index (χ4n) is 2.62. The third kappa shape index (κ3) is 4.85. The van der Waals surface area contributed by atoms with Crippen LogP contribution in [0.4, 0.5) is 0 Å². The van der Waals surface area contributed by atoms with E-state index < -0.39 is 6.10 Å². The molecule has 0 saturated heterocycles. The average molecular weight is 311 g/mol. The topological polar surface area (TPSA) is 38.3 Å². The van der Waals surface area contributed by atoms with Gasteiger partial charge in [-0.3, -0.25) is 4.79 Å². The molecule has 122 valence electrons. The van der Waals surface area contributed by atoms with E-state index in [-0.39, 0.29) is 11.9 Å². The molecule has 23 heavy (non-hydrogen) atoms. The molecule has 2 rings (SSSR count). The van der Waals surface area contributed by atoms with Gasteiger partial charge in [-0.25, -0.2) is 0 Å². The Morgan fingerprint density at radius 2 is 1.70 bits per heavy atom. The first-order valence-electron chi connectivity index (χ1n) is 8.10. The van der Waals surface area contributed by atoms with Crippen LogP contribution < -0.4 is 10.1 Å². The smallest absolute Gasteiger partial charge is 0.261 e. The van der Waals surface area contributed by atoms with Gasteiger partial charge in [0.2, 0.25) is 0 Å². The molecule has 0 saturated carbocycles. The maximum absolute atomic E-state index is 12.5. The zero-order valence-electron chi connectivity index (χ0n) is 14.3. The van der Waals surface area contributed by atoms with E-state index in [1.807, 2.05) is 70.2 Å². The van der Waals surface area contributed by atoms with Gasteiger partial charge in [-0.2, -0.15) is 0 Å². The van der Waals surface area contributed by atoms with Crippen molar-refractivity contribution < 1.29 is 9.53 Å². The number of benzene rings is 2. The zero-order valence-corrected chi connectivity index (χ0v) is 14.3. The number of aryl methyl sites for hydroxylation is 2. The SMILES string of the molecule is CCC(Oc1cc(C)cc(C)c1)C(=O)N[C@H](C)c1ccccc1. The second-order valence-corrected chi connectivity index (χ2v) is 5.98. The minimum atomic E-state index is -0.484. The van der Waals surface area contributed by atoms with Crippen molar-refractivity contribution >= 4 is 5.91 Å². The van der Waals surface area contributed by atoms with Crippen LogP contribution in [-0.4, -0.2) is 12.0 Å². The van der Waals surface area contributed by atoms with Gasteiger partial charge in [-0.15, -0.1) is 0 Å². The van der Waals surface area contributed by atoms with Crippen LogP contribution in [0.15, 0.2) is 48.5 Å². The van der Waals surface area contributed by atoms with Gasteiger partial charge < -0.3 is 10.1 Å². The second-order valence-electron chi connectivity index (χ2n) is 5.98. The minimum absolute atomic E-state index is 0.0411. The lowest BCUT2D eigenvalue weighted by Crippen LogP contribution is -2.39. The lowest BCUT2D eigenvalue weighted by atomic mass is 10.1. The molecule has 0 aliphatic heterocycles. The van der Waals surface area contributed by atoms with Crippen molar-refractivity contribution in [3.63, 3.8) is 0 Å². The predicted octanol–water partition coefficient (Wildman–Crippen LogP) is 4.34. The Kier molecular flexibility index (Phi) is 5.80. The monoisotopic (exact) mass is 311 g/mol. The van der Waals surface area contributed by atoms with E-state index in [2.05, 4.69) is 11.4 Å². The summed E-state index contributed by atoms with van der Waals surface area (Å²) >= 11 is 0. The molecule has 2 aromatic rings. The van der Waals surface area contributed by atoms with Crippen LogP contribution in [0.3, 0.4) is 0 Å². The first-order valence-corrected chi connectivity index (χ1v) is 8.10. The van der Waals surface area contributed by atoms with Gasteiger partial charge in [0.15, 0.2) is 6.10 Å². The number of hydrogen-bond acceptors (Lipinski definition) is 2. The maximum atomic E-state index is 12.5. The van der Waals surface area contributed by atoms with E-state index in [0.717, 1.165) is 22.4 Å². The van der Waals surface area contributed by atoms with Crippen LogP contribution in [-0.2, 0) is 4.79 Å². The first-order chi connectivity index (χ1) is 11.0. The summed E-state index contributed by atoms with van der Waals surface area (Å²) < 4.78 is 5.91. The van der Waals surface area contributed by atoms with Gasteiger partial charge >= 0.3 is 0 Å². The third-order valence-corrected chi connectivity index (χ3v) is 3.80. The van der Waals surface area contributed by atoms with Gasteiger partial charge in [0, 0.05) is 0 Å². The Bertz CT molecular complexity index is 632. The molecular formula is C20H25NO2. The molecule has 1 unspecified atom stereocenters. The second kappa shape index (κ2) is 7.82. The van der Waals surface area contributed by atoms with E-state index in [9.17, 15) is 4.79 Å². The number of nitrogens with one attached hydrogen (secondary N) is 1. The molecule has 0 radical (unpaired) electrons. The highest BCUT2D eigenvalue weighted by molar-refractivity contribution is 5.81. The molecule has 1 N–H and O–H groups in total. The molecule has 0 aliphatic carbocycles. The number of ether oxygens (including phenoxy) is 1. The van der Waals surface area contributed by atoms with Crippen molar-refractivity contribution in [1.82, 2.24) is 5.32 Å². The highest BCUT2D eigenvalue weighted by Crippen LogP contribution is 2.19. The van der Waals surface area contributed by atoms with Gasteiger partial charge in [-0.05, 0) is 56.0 Å². The van der Waals surface area contributed by atoms with Crippen molar-refractivity contribution in [1.29, 1.82) is 0 Å². The van der Waals surface area contributed by atoms with Crippen LogP contribution >= 0.6 is 0 Å². The Morgan fingerprint density at radius 1 is 1.09 bits per heavy atom. The van der Waals surface area contributed by atoms with Crippen LogP contribution in [0.5, 0.6) is 5.75 Å². The van der Waals surface area contributed by atoms with Crippen LogP contribution in [0, 0.1) is 13.8 Å². The van der Waals surface area contributed by atoms with Gasteiger partial charge in [0.1, 0.15) is 5.75 Å². The zero-order chi connectivity index (χ0) is 16.8. The molecule has 0 aromatic heterocycles. The number of amides is 1. The molecule has 0 spiro atoms. The fourth-order valence-corrected chi connectivity index (χ4v) is 2.62. The van der Waals surface area contributed by atoms with Crippen molar-refractivity contribution in [3.8, 4) is 5.75 Å². The molecular weight excluding hydrogens is 286 g/mol. The Morgan fingerprint density at radius 3 is 2.26 bits per heavy atom. The minimum Gasteiger partial charge on any atom is -0.481 e. The predicted molar refractivity (Wildman–Crippen MR) is 93.6 cm³/mol. The summed E-state index contributed by atoms with van der Waals surface area (Å²) in [5.41, 5.74) is 3.35. The molecule has 1 amide bonds.